The standard InChI is InChI=1S/C20H25BrN2O/c1-15-4-3-5-19(12-15)22-18-8-10-23(11-9-18)14-16-13-17(21)6-7-20(16)24-2/h3-7,12-13,18,22H,8-11,14H2,1-2H3. The Morgan fingerprint density at radius 3 is 2.67 bits per heavy atom. The number of nitrogens with one attached hydrogen (secondary N) is 1. The van der Waals surface area contributed by atoms with Gasteiger partial charge in [0.1, 0.15) is 5.75 Å². The second-order valence-corrected chi connectivity index (χ2v) is 7.44. The molecule has 1 fully saturated rings. The Morgan fingerprint density at radius 1 is 1.17 bits per heavy atom. The smallest absolute Gasteiger partial charge is 0.123 e. The summed E-state index contributed by atoms with van der Waals surface area (Å²) in [6.45, 7) is 5.30. The van der Waals surface area contributed by atoms with Gasteiger partial charge in [-0.2, -0.15) is 0 Å². The highest BCUT2D eigenvalue weighted by Gasteiger charge is 2.20. The Balaban J connectivity index is 1.55. The number of nitrogens with zero attached hydrogens (tertiary/aromatic N) is 1. The molecule has 2 aromatic rings. The van der Waals surface area contributed by atoms with Gasteiger partial charge in [0, 0.05) is 41.4 Å². The SMILES string of the molecule is COc1ccc(Br)cc1CN1CCC(Nc2cccc(C)c2)CC1. The second kappa shape index (κ2) is 8.04. The van der Waals surface area contributed by atoms with Crippen molar-refractivity contribution in [2.45, 2.75) is 32.4 Å². The van der Waals surface area contributed by atoms with Crippen LogP contribution in [-0.4, -0.2) is 31.1 Å². The number of hydrogen-bond acceptors (Lipinski definition) is 3. The molecule has 0 amide bonds. The fourth-order valence-corrected chi connectivity index (χ4v) is 3.73. The molecular weight excluding hydrogens is 364 g/mol. The van der Waals surface area contributed by atoms with Gasteiger partial charge in [-0.3, -0.25) is 4.90 Å². The molecule has 0 radical (unpaired) electrons. The Hall–Kier alpha value is -1.52. The van der Waals surface area contributed by atoms with Crippen molar-refractivity contribution >= 4 is 21.6 Å². The van der Waals surface area contributed by atoms with Crippen LogP contribution in [-0.2, 0) is 6.54 Å². The largest absolute Gasteiger partial charge is 0.496 e. The molecule has 128 valence electrons. The minimum Gasteiger partial charge on any atom is -0.496 e. The summed E-state index contributed by atoms with van der Waals surface area (Å²) >= 11 is 3.56. The van der Waals surface area contributed by atoms with Gasteiger partial charge in [0.2, 0.25) is 0 Å². The predicted molar refractivity (Wildman–Crippen MR) is 104 cm³/mol. The van der Waals surface area contributed by atoms with Crippen LogP contribution in [0, 0.1) is 6.92 Å². The van der Waals surface area contributed by atoms with Gasteiger partial charge in [-0.25, -0.2) is 0 Å². The molecular formula is C20H25BrN2O. The quantitative estimate of drug-likeness (QED) is 0.792. The summed E-state index contributed by atoms with van der Waals surface area (Å²) < 4.78 is 6.60. The normalized spacial score (nSPS) is 16.1. The zero-order chi connectivity index (χ0) is 16.9. The maximum atomic E-state index is 5.49. The zero-order valence-electron chi connectivity index (χ0n) is 14.4. The second-order valence-electron chi connectivity index (χ2n) is 6.52. The molecule has 3 nitrogen and oxygen atoms in total. The van der Waals surface area contributed by atoms with Crippen LogP contribution in [0.25, 0.3) is 0 Å². The van der Waals surface area contributed by atoms with Gasteiger partial charge in [-0.15, -0.1) is 0 Å². The number of piperidine rings is 1. The average molecular weight is 389 g/mol. The Morgan fingerprint density at radius 2 is 1.96 bits per heavy atom. The van der Waals surface area contributed by atoms with Crippen molar-refractivity contribution in [3.8, 4) is 5.75 Å². The molecule has 0 bridgehead atoms. The zero-order valence-corrected chi connectivity index (χ0v) is 16.0. The Bertz CT molecular complexity index is 681. The van der Waals surface area contributed by atoms with E-state index in [2.05, 4.69) is 63.4 Å². The van der Waals surface area contributed by atoms with E-state index in [-0.39, 0.29) is 0 Å². The maximum Gasteiger partial charge on any atom is 0.123 e. The van der Waals surface area contributed by atoms with Gasteiger partial charge in [-0.1, -0.05) is 28.1 Å². The molecule has 0 saturated carbocycles. The fourth-order valence-electron chi connectivity index (χ4n) is 3.32. The molecule has 1 aliphatic rings. The van der Waals surface area contributed by atoms with E-state index in [1.54, 1.807) is 7.11 Å². The third kappa shape index (κ3) is 4.52. The topological polar surface area (TPSA) is 24.5 Å². The number of rotatable bonds is 5. The van der Waals surface area contributed by atoms with Crippen LogP contribution >= 0.6 is 15.9 Å². The summed E-state index contributed by atoms with van der Waals surface area (Å²) in [5.41, 5.74) is 3.79. The highest BCUT2D eigenvalue weighted by Crippen LogP contribution is 2.26. The van der Waals surface area contributed by atoms with Crippen molar-refractivity contribution in [1.82, 2.24) is 4.90 Å². The number of likely N-dealkylation sites (tertiary alicyclic amines) is 1. The molecule has 0 unspecified atom stereocenters. The minimum absolute atomic E-state index is 0.562. The lowest BCUT2D eigenvalue weighted by Gasteiger charge is -2.33. The molecule has 3 rings (SSSR count). The highest BCUT2D eigenvalue weighted by molar-refractivity contribution is 9.10. The molecule has 1 heterocycles. The van der Waals surface area contributed by atoms with Gasteiger partial charge in [0.15, 0.2) is 0 Å². The Labute approximate surface area is 153 Å². The predicted octanol–water partition coefficient (Wildman–Crippen LogP) is 4.84. The summed E-state index contributed by atoms with van der Waals surface area (Å²) in [7, 11) is 1.74. The first kappa shape index (κ1) is 17.3. The van der Waals surface area contributed by atoms with Gasteiger partial charge in [0.25, 0.3) is 0 Å². The molecule has 24 heavy (non-hydrogen) atoms. The number of benzene rings is 2. The van der Waals surface area contributed by atoms with Gasteiger partial charge >= 0.3 is 0 Å². The Kier molecular flexibility index (Phi) is 5.80. The molecule has 1 N–H and O–H groups in total. The van der Waals surface area contributed by atoms with E-state index < -0.39 is 0 Å². The molecule has 4 heteroatoms. The van der Waals surface area contributed by atoms with E-state index >= 15 is 0 Å². The highest BCUT2D eigenvalue weighted by atomic mass is 79.9. The van der Waals surface area contributed by atoms with Gasteiger partial charge in [0.05, 0.1) is 7.11 Å². The lowest BCUT2D eigenvalue weighted by molar-refractivity contribution is 0.209. The molecule has 0 spiro atoms. The van der Waals surface area contributed by atoms with Crippen molar-refractivity contribution in [3.05, 3.63) is 58.1 Å². The van der Waals surface area contributed by atoms with Crippen LogP contribution in [0.3, 0.4) is 0 Å². The number of aryl methyl sites for hydroxylation is 1. The lowest BCUT2D eigenvalue weighted by atomic mass is 10.0. The summed E-state index contributed by atoms with van der Waals surface area (Å²) in [5, 5.41) is 3.68. The van der Waals surface area contributed by atoms with E-state index in [0.29, 0.717) is 6.04 Å². The number of hydrogen-bond donors (Lipinski definition) is 1. The molecule has 0 atom stereocenters. The first-order valence-corrected chi connectivity index (χ1v) is 9.31. The first-order valence-electron chi connectivity index (χ1n) is 8.52. The van der Waals surface area contributed by atoms with E-state index in [4.69, 9.17) is 4.74 Å². The summed E-state index contributed by atoms with van der Waals surface area (Å²) in [6, 6.07) is 15.4. The van der Waals surface area contributed by atoms with Crippen molar-refractivity contribution < 1.29 is 4.74 Å². The van der Waals surface area contributed by atoms with E-state index in [1.807, 2.05) is 12.1 Å². The molecule has 1 saturated heterocycles. The number of anilines is 1. The van der Waals surface area contributed by atoms with Crippen LogP contribution in [0.2, 0.25) is 0 Å². The number of halogens is 1. The van der Waals surface area contributed by atoms with E-state index in [0.717, 1.165) is 29.9 Å². The average Bonchev–Trinajstić information content (AvgIpc) is 2.57. The fraction of sp³-hybridized carbons (Fsp3) is 0.400. The van der Waals surface area contributed by atoms with Crippen molar-refractivity contribution in [2.24, 2.45) is 0 Å². The molecule has 2 aromatic carbocycles. The summed E-state index contributed by atoms with van der Waals surface area (Å²) in [5.74, 6) is 0.971. The third-order valence-electron chi connectivity index (χ3n) is 4.61. The minimum atomic E-state index is 0.562. The maximum absolute atomic E-state index is 5.49. The lowest BCUT2D eigenvalue weighted by Crippen LogP contribution is -2.38. The summed E-state index contributed by atoms with van der Waals surface area (Å²) in [4.78, 5) is 2.51. The van der Waals surface area contributed by atoms with E-state index in [1.165, 1.54) is 29.7 Å². The van der Waals surface area contributed by atoms with E-state index in [9.17, 15) is 0 Å². The summed E-state index contributed by atoms with van der Waals surface area (Å²) in [6.07, 6.45) is 2.34. The van der Waals surface area contributed by atoms with Crippen molar-refractivity contribution in [1.29, 1.82) is 0 Å². The molecule has 0 aliphatic carbocycles. The van der Waals surface area contributed by atoms with Gasteiger partial charge in [-0.05, 0) is 55.7 Å². The first-order chi connectivity index (χ1) is 11.6. The van der Waals surface area contributed by atoms with Crippen LogP contribution in [0.4, 0.5) is 5.69 Å². The number of ether oxygens (including phenoxy) is 1. The van der Waals surface area contributed by atoms with Crippen LogP contribution < -0.4 is 10.1 Å². The molecule has 1 aliphatic heterocycles. The van der Waals surface area contributed by atoms with Gasteiger partial charge < -0.3 is 10.1 Å². The van der Waals surface area contributed by atoms with Crippen molar-refractivity contribution in [3.63, 3.8) is 0 Å². The van der Waals surface area contributed by atoms with Crippen LogP contribution in [0.5, 0.6) is 5.75 Å². The molecule has 0 aromatic heterocycles. The number of methoxy groups -OCH3 is 1. The van der Waals surface area contributed by atoms with Crippen molar-refractivity contribution in [2.75, 3.05) is 25.5 Å². The third-order valence-corrected chi connectivity index (χ3v) is 5.11. The van der Waals surface area contributed by atoms with Crippen LogP contribution in [0.15, 0.2) is 46.9 Å². The van der Waals surface area contributed by atoms with Crippen LogP contribution in [0.1, 0.15) is 24.0 Å². The monoisotopic (exact) mass is 388 g/mol.